The molecule has 2 heterocycles. The van der Waals surface area contributed by atoms with Crippen molar-refractivity contribution < 1.29 is 14.2 Å². The highest BCUT2D eigenvalue weighted by atomic mass is 35.5. The van der Waals surface area contributed by atoms with Crippen LogP contribution in [0.1, 0.15) is 17.0 Å². The molecule has 1 aliphatic heterocycles. The second-order valence-corrected chi connectivity index (χ2v) is 8.54. The van der Waals surface area contributed by atoms with Crippen LogP contribution in [0.25, 0.3) is 11.0 Å². The van der Waals surface area contributed by atoms with Gasteiger partial charge in [-0.15, -0.1) is 0 Å². The van der Waals surface area contributed by atoms with Gasteiger partial charge in [0.15, 0.2) is 11.5 Å². The van der Waals surface area contributed by atoms with Gasteiger partial charge in [-0.05, 0) is 66.1 Å². The summed E-state index contributed by atoms with van der Waals surface area (Å²) in [5.74, 6) is 3.21. The average molecular weight is 464 g/mol. The van der Waals surface area contributed by atoms with Gasteiger partial charge in [0.1, 0.15) is 18.2 Å². The van der Waals surface area contributed by atoms with Gasteiger partial charge in [-0.1, -0.05) is 23.7 Å². The molecule has 0 N–H and O–H groups in total. The van der Waals surface area contributed by atoms with Crippen LogP contribution >= 0.6 is 11.6 Å². The van der Waals surface area contributed by atoms with Gasteiger partial charge < -0.3 is 18.8 Å². The van der Waals surface area contributed by atoms with Crippen LogP contribution in [0.3, 0.4) is 0 Å². The average Bonchev–Trinajstić information content (AvgIpc) is 3.20. The van der Waals surface area contributed by atoms with Gasteiger partial charge in [0.25, 0.3) is 0 Å². The number of aromatic nitrogens is 2. The predicted octanol–water partition coefficient (Wildman–Crippen LogP) is 5.30. The Morgan fingerprint density at radius 1 is 0.939 bits per heavy atom. The summed E-state index contributed by atoms with van der Waals surface area (Å²) in [7, 11) is 3.35. The Hall–Kier alpha value is -3.22. The number of imidazole rings is 1. The highest BCUT2D eigenvalue weighted by Gasteiger charge is 2.21. The van der Waals surface area contributed by atoms with Gasteiger partial charge in [-0.3, -0.25) is 4.90 Å². The molecule has 33 heavy (non-hydrogen) atoms. The molecule has 170 valence electrons. The highest BCUT2D eigenvalue weighted by molar-refractivity contribution is 6.30. The fraction of sp³-hybridized carbons (Fsp3) is 0.269. The molecule has 0 saturated carbocycles. The van der Waals surface area contributed by atoms with Gasteiger partial charge in [0.05, 0.1) is 31.9 Å². The van der Waals surface area contributed by atoms with E-state index in [4.69, 9.17) is 30.8 Å². The lowest BCUT2D eigenvalue weighted by Crippen LogP contribution is -2.33. The van der Waals surface area contributed by atoms with E-state index < -0.39 is 0 Å². The quantitative estimate of drug-likeness (QED) is 0.372. The molecule has 7 heteroatoms. The first-order chi connectivity index (χ1) is 16.1. The van der Waals surface area contributed by atoms with Crippen molar-refractivity contribution in [1.29, 1.82) is 0 Å². The van der Waals surface area contributed by atoms with Crippen molar-refractivity contribution in [2.75, 3.05) is 20.8 Å². The van der Waals surface area contributed by atoms with Crippen molar-refractivity contribution in [2.24, 2.45) is 0 Å². The van der Waals surface area contributed by atoms with Crippen LogP contribution in [0.2, 0.25) is 5.02 Å². The van der Waals surface area contributed by atoms with Crippen molar-refractivity contribution in [1.82, 2.24) is 14.5 Å². The molecule has 0 radical (unpaired) electrons. The molecule has 1 aromatic heterocycles. The summed E-state index contributed by atoms with van der Waals surface area (Å²) >= 11 is 6.00. The van der Waals surface area contributed by atoms with Crippen molar-refractivity contribution in [3.63, 3.8) is 0 Å². The van der Waals surface area contributed by atoms with Crippen molar-refractivity contribution in [3.8, 4) is 17.2 Å². The number of methoxy groups -OCH3 is 2. The van der Waals surface area contributed by atoms with E-state index in [0.29, 0.717) is 11.6 Å². The molecule has 5 rings (SSSR count). The van der Waals surface area contributed by atoms with Crippen LogP contribution in [0.4, 0.5) is 0 Å². The highest BCUT2D eigenvalue weighted by Crippen LogP contribution is 2.33. The Kier molecular flexibility index (Phi) is 6.11. The Balaban J connectivity index is 1.39. The maximum absolute atomic E-state index is 6.03. The van der Waals surface area contributed by atoms with Crippen LogP contribution in [0, 0.1) is 0 Å². The fourth-order valence-corrected chi connectivity index (χ4v) is 4.46. The number of nitrogens with zero attached hydrogens (tertiary/aromatic N) is 3. The zero-order valence-electron chi connectivity index (χ0n) is 18.8. The maximum atomic E-state index is 6.03. The Labute approximate surface area is 198 Å². The predicted molar refractivity (Wildman–Crippen MR) is 129 cm³/mol. The van der Waals surface area contributed by atoms with Gasteiger partial charge in [-0.2, -0.15) is 0 Å². The summed E-state index contributed by atoms with van der Waals surface area (Å²) in [6.45, 7) is 2.89. The minimum absolute atomic E-state index is 0.381. The lowest BCUT2D eigenvalue weighted by Gasteiger charge is -2.30. The van der Waals surface area contributed by atoms with E-state index in [1.807, 2.05) is 42.5 Å². The minimum Gasteiger partial charge on any atom is -0.493 e. The molecule has 0 aliphatic carbocycles. The lowest BCUT2D eigenvalue weighted by atomic mass is 9.99. The van der Waals surface area contributed by atoms with E-state index in [9.17, 15) is 0 Å². The number of hydrogen-bond donors (Lipinski definition) is 0. The molecule has 1 aliphatic rings. The van der Waals surface area contributed by atoms with Crippen LogP contribution < -0.4 is 14.2 Å². The first-order valence-electron chi connectivity index (χ1n) is 10.9. The van der Waals surface area contributed by atoms with Gasteiger partial charge in [0, 0.05) is 18.1 Å². The largest absolute Gasteiger partial charge is 0.493 e. The second kappa shape index (κ2) is 9.33. The number of rotatable bonds is 7. The first-order valence-corrected chi connectivity index (χ1v) is 11.3. The van der Waals surface area contributed by atoms with E-state index in [-0.39, 0.29) is 0 Å². The monoisotopic (exact) mass is 463 g/mol. The summed E-state index contributed by atoms with van der Waals surface area (Å²) in [6.07, 6.45) is 0.957. The number of halogens is 1. The maximum Gasteiger partial charge on any atom is 0.161 e. The van der Waals surface area contributed by atoms with Crippen LogP contribution in [-0.4, -0.2) is 35.2 Å². The van der Waals surface area contributed by atoms with Gasteiger partial charge in [0.2, 0.25) is 0 Å². The van der Waals surface area contributed by atoms with E-state index in [2.05, 4.69) is 27.7 Å². The van der Waals surface area contributed by atoms with Gasteiger partial charge >= 0.3 is 0 Å². The minimum atomic E-state index is 0.381. The number of hydrogen-bond acceptors (Lipinski definition) is 5. The standard InChI is InChI=1S/C26H26ClN3O3/c1-31-24-13-18-11-12-29(15-19(18)14-25(24)32-2)17-30-23-6-4-3-5-22(23)28-26(30)16-33-21-9-7-20(27)8-10-21/h3-10,13-14H,11-12,15-17H2,1-2H3. The van der Waals surface area contributed by atoms with E-state index >= 15 is 0 Å². The molecule has 0 atom stereocenters. The van der Waals surface area contributed by atoms with Crippen LogP contribution in [0.15, 0.2) is 60.7 Å². The van der Waals surface area contributed by atoms with E-state index in [1.54, 1.807) is 14.2 Å². The van der Waals surface area contributed by atoms with Crippen molar-refractivity contribution in [3.05, 3.63) is 82.6 Å². The third kappa shape index (κ3) is 4.49. The first kappa shape index (κ1) is 21.6. The summed E-state index contributed by atoms with van der Waals surface area (Å²) < 4.78 is 19.3. The molecule has 0 unspecified atom stereocenters. The number of fused-ring (bicyclic) bond motifs is 2. The number of para-hydroxylation sites is 2. The smallest absolute Gasteiger partial charge is 0.161 e. The Bertz CT molecular complexity index is 1270. The number of benzene rings is 3. The van der Waals surface area contributed by atoms with Crippen LogP contribution in [-0.2, 0) is 26.2 Å². The summed E-state index contributed by atoms with van der Waals surface area (Å²) in [6, 6.07) is 19.8. The van der Waals surface area contributed by atoms with E-state index in [0.717, 1.165) is 60.3 Å². The summed E-state index contributed by atoms with van der Waals surface area (Å²) in [5.41, 5.74) is 4.65. The molecule has 4 aromatic rings. The molecule has 3 aromatic carbocycles. The zero-order valence-corrected chi connectivity index (χ0v) is 19.5. The summed E-state index contributed by atoms with van der Waals surface area (Å²) in [4.78, 5) is 7.28. The van der Waals surface area contributed by atoms with Crippen molar-refractivity contribution in [2.45, 2.75) is 26.2 Å². The van der Waals surface area contributed by atoms with Crippen molar-refractivity contribution >= 4 is 22.6 Å². The molecular weight excluding hydrogens is 438 g/mol. The molecule has 0 spiro atoms. The SMILES string of the molecule is COc1cc2c(cc1OC)CN(Cn1c(COc3ccc(Cl)cc3)nc3ccccc31)CC2. The number of ether oxygens (including phenoxy) is 3. The normalized spacial score (nSPS) is 13.7. The lowest BCUT2D eigenvalue weighted by molar-refractivity contribution is 0.192. The third-order valence-electron chi connectivity index (χ3n) is 6.05. The molecule has 0 fully saturated rings. The molecule has 0 saturated heterocycles. The summed E-state index contributed by atoms with van der Waals surface area (Å²) in [5, 5.41) is 0.689. The molecule has 0 bridgehead atoms. The zero-order chi connectivity index (χ0) is 22.8. The molecule has 6 nitrogen and oxygen atoms in total. The topological polar surface area (TPSA) is 48.8 Å². The Morgan fingerprint density at radius 2 is 1.67 bits per heavy atom. The van der Waals surface area contributed by atoms with Gasteiger partial charge in [-0.25, -0.2) is 4.98 Å². The Morgan fingerprint density at radius 3 is 2.42 bits per heavy atom. The fourth-order valence-electron chi connectivity index (χ4n) is 4.33. The molecule has 0 amide bonds. The van der Waals surface area contributed by atoms with Crippen LogP contribution in [0.5, 0.6) is 17.2 Å². The second-order valence-electron chi connectivity index (χ2n) is 8.11. The molecular formula is C26H26ClN3O3. The third-order valence-corrected chi connectivity index (χ3v) is 6.31. The van der Waals surface area contributed by atoms with E-state index in [1.165, 1.54) is 11.1 Å².